The SMILES string of the molecule is CC(=O)O.CN(c1ccc(Cl)cc1)c1ccc(C(=O)c2ccc(C(=O)c3ccc(F)cc3)cc2)nc1. The number of hydrogen-bond acceptors (Lipinski definition) is 5. The third-order valence-electron chi connectivity index (χ3n) is 5.10. The van der Waals surface area contributed by atoms with Crippen molar-refractivity contribution in [3.05, 3.63) is 124 Å². The van der Waals surface area contributed by atoms with Crippen LogP contribution in [-0.4, -0.2) is 34.7 Å². The van der Waals surface area contributed by atoms with Crippen LogP contribution in [0.1, 0.15) is 38.9 Å². The summed E-state index contributed by atoms with van der Waals surface area (Å²) in [5, 5.41) is 8.08. The molecule has 0 aliphatic heterocycles. The van der Waals surface area contributed by atoms with E-state index in [0.29, 0.717) is 27.4 Å². The van der Waals surface area contributed by atoms with Crippen LogP contribution in [0.4, 0.5) is 15.8 Å². The molecule has 0 bridgehead atoms. The number of aliphatic carboxylic acids is 1. The maximum absolute atomic E-state index is 13.1. The predicted molar refractivity (Wildman–Crippen MR) is 137 cm³/mol. The first-order chi connectivity index (χ1) is 17.2. The van der Waals surface area contributed by atoms with E-state index in [1.165, 1.54) is 24.3 Å². The summed E-state index contributed by atoms with van der Waals surface area (Å²) >= 11 is 5.94. The van der Waals surface area contributed by atoms with Crippen molar-refractivity contribution in [3.8, 4) is 0 Å². The van der Waals surface area contributed by atoms with Crippen molar-refractivity contribution < 1.29 is 23.9 Å². The summed E-state index contributed by atoms with van der Waals surface area (Å²) in [7, 11) is 1.90. The van der Waals surface area contributed by atoms with E-state index in [-0.39, 0.29) is 11.6 Å². The van der Waals surface area contributed by atoms with Gasteiger partial charge in [0.1, 0.15) is 11.5 Å². The van der Waals surface area contributed by atoms with Gasteiger partial charge in [-0.05, 0) is 60.7 Å². The highest BCUT2D eigenvalue weighted by Gasteiger charge is 2.14. The Morgan fingerprint density at radius 1 is 0.750 bits per heavy atom. The van der Waals surface area contributed by atoms with Gasteiger partial charge < -0.3 is 10.0 Å². The monoisotopic (exact) mass is 504 g/mol. The Morgan fingerprint density at radius 2 is 1.19 bits per heavy atom. The molecule has 0 saturated carbocycles. The fourth-order valence-corrected chi connectivity index (χ4v) is 3.35. The Kier molecular flexibility index (Phi) is 8.65. The van der Waals surface area contributed by atoms with Crippen LogP contribution in [0.3, 0.4) is 0 Å². The van der Waals surface area contributed by atoms with Crippen LogP contribution >= 0.6 is 11.6 Å². The standard InChI is InChI=1S/C26H18ClFN2O2.C2H4O2/c1-30(22-12-8-20(27)9-13-22)23-14-15-24(29-16-23)26(32)19-4-2-17(3-5-19)25(31)18-6-10-21(28)11-7-18;1-2(3)4/h2-16H,1H3;1H3,(H,3,4). The van der Waals surface area contributed by atoms with Gasteiger partial charge in [-0.1, -0.05) is 35.9 Å². The number of pyridine rings is 1. The molecule has 0 aliphatic rings. The van der Waals surface area contributed by atoms with Crippen molar-refractivity contribution in [2.24, 2.45) is 0 Å². The van der Waals surface area contributed by atoms with Crippen LogP contribution in [0.2, 0.25) is 5.02 Å². The quantitative estimate of drug-likeness (QED) is 0.315. The van der Waals surface area contributed by atoms with E-state index in [1.54, 1.807) is 36.5 Å². The topological polar surface area (TPSA) is 87.6 Å². The van der Waals surface area contributed by atoms with E-state index in [2.05, 4.69) is 4.98 Å². The molecule has 1 heterocycles. The molecule has 4 rings (SSSR count). The molecule has 0 aliphatic carbocycles. The van der Waals surface area contributed by atoms with Crippen LogP contribution in [0.15, 0.2) is 91.1 Å². The van der Waals surface area contributed by atoms with Crippen LogP contribution in [0, 0.1) is 5.82 Å². The van der Waals surface area contributed by atoms with E-state index >= 15 is 0 Å². The van der Waals surface area contributed by atoms with Gasteiger partial charge in [-0.3, -0.25) is 19.4 Å². The second kappa shape index (κ2) is 11.9. The van der Waals surface area contributed by atoms with E-state index in [9.17, 15) is 14.0 Å². The second-order valence-electron chi connectivity index (χ2n) is 7.70. The molecule has 3 aromatic carbocycles. The molecular formula is C28H22ClFN2O4. The first-order valence-electron chi connectivity index (χ1n) is 10.8. The summed E-state index contributed by atoms with van der Waals surface area (Å²) in [6.07, 6.45) is 1.63. The zero-order valence-corrected chi connectivity index (χ0v) is 20.2. The molecule has 0 radical (unpaired) electrons. The number of halogens is 2. The van der Waals surface area contributed by atoms with Crippen LogP contribution in [0.5, 0.6) is 0 Å². The zero-order valence-electron chi connectivity index (χ0n) is 19.5. The lowest BCUT2D eigenvalue weighted by Crippen LogP contribution is -2.11. The molecule has 0 spiro atoms. The molecule has 0 unspecified atom stereocenters. The number of ketones is 2. The van der Waals surface area contributed by atoms with Crippen molar-refractivity contribution in [3.63, 3.8) is 0 Å². The third-order valence-corrected chi connectivity index (χ3v) is 5.35. The lowest BCUT2D eigenvalue weighted by atomic mass is 10.00. The third kappa shape index (κ3) is 6.84. The van der Waals surface area contributed by atoms with Crippen molar-refractivity contribution in [1.29, 1.82) is 0 Å². The zero-order chi connectivity index (χ0) is 26.2. The normalized spacial score (nSPS) is 10.1. The Labute approximate surface area is 212 Å². The van der Waals surface area contributed by atoms with E-state index in [0.717, 1.165) is 18.3 Å². The van der Waals surface area contributed by atoms with E-state index in [4.69, 9.17) is 21.5 Å². The number of nitrogens with zero attached hydrogens (tertiary/aromatic N) is 2. The summed E-state index contributed by atoms with van der Waals surface area (Å²) < 4.78 is 13.1. The van der Waals surface area contributed by atoms with Gasteiger partial charge in [0.05, 0.1) is 11.9 Å². The Balaban J connectivity index is 0.000000840. The number of carbonyl (C=O) groups excluding carboxylic acids is 2. The number of carbonyl (C=O) groups is 3. The molecule has 0 fully saturated rings. The van der Waals surface area contributed by atoms with Gasteiger partial charge in [0.2, 0.25) is 5.78 Å². The minimum Gasteiger partial charge on any atom is -0.481 e. The molecule has 0 saturated heterocycles. The predicted octanol–water partition coefficient (Wildman–Crippen LogP) is 6.19. The first kappa shape index (κ1) is 26.2. The van der Waals surface area contributed by atoms with Crippen LogP contribution in [0.25, 0.3) is 0 Å². The summed E-state index contributed by atoms with van der Waals surface area (Å²) in [5.41, 5.74) is 3.29. The van der Waals surface area contributed by atoms with E-state index < -0.39 is 11.8 Å². The van der Waals surface area contributed by atoms with Crippen molar-refractivity contribution >= 4 is 40.5 Å². The number of carboxylic acid groups (broad SMARTS) is 1. The summed E-state index contributed by atoms with van der Waals surface area (Å²) in [5.74, 6) is -1.72. The Bertz CT molecular complexity index is 1350. The minimum absolute atomic E-state index is 0.239. The van der Waals surface area contributed by atoms with Crippen LogP contribution in [-0.2, 0) is 4.79 Å². The fraction of sp³-hybridized carbons (Fsp3) is 0.0714. The molecule has 8 heteroatoms. The highest BCUT2D eigenvalue weighted by molar-refractivity contribution is 6.30. The van der Waals surface area contributed by atoms with Crippen molar-refractivity contribution in [2.75, 3.05) is 11.9 Å². The van der Waals surface area contributed by atoms with Crippen molar-refractivity contribution in [1.82, 2.24) is 4.98 Å². The van der Waals surface area contributed by atoms with Crippen LogP contribution < -0.4 is 4.90 Å². The largest absolute Gasteiger partial charge is 0.481 e. The smallest absolute Gasteiger partial charge is 0.300 e. The lowest BCUT2D eigenvalue weighted by molar-refractivity contribution is -0.134. The summed E-state index contributed by atoms with van der Waals surface area (Å²) in [4.78, 5) is 40.6. The maximum Gasteiger partial charge on any atom is 0.300 e. The molecule has 1 N–H and O–H groups in total. The molecule has 0 amide bonds. The number of carboxylic acids is 1. The van der Waals surface area contributed by atoms with Crippen molar-refractivity contribution in [2.45, 2.75) is 6.92 Å². The molecular weight excluding hydrogens is 483 g/mol. The number of benzene rings is 3. The van der Waals surface area contributed by atoms with Gasteiger partial charge in [-0.2, -0.15) is 0 Å². The number of hydrogen-bond donors (Lipinski definition) is 1. The molecule has 4 aromatic rings. The average molecular weight is 505 g/mol. The molecule has 182 valence electrons. The second-order valence-corrected chi connectivity index (χ2v) is 8.14. The van der Waals surface area contributed by atoms with Gasteiger partial charge in [-0.25, -0.2) is 4.39 Å². The molecule has 1 aromatic heterocycles. The molecule has 6 nitrogen and oxygen atoms in total. The Hall–Kier alpha value is -4.36. The molecule has 36 heavy (non-hydrogen) atoms. The fourth-order valence-electron chi connectivity index (χ4n) is 3.22. The summed E-state index contributed by atoms with van der Waals surface area (Å²) in [6.45, 7) is 1.08. The van der Waals surface area contributed by atoms with Gasteiger partial charge in [-0.15, -0.1) is 0 Å². The highest BCUT2D eigenvalue weighted by Crippen LogP contribution is 2.25. The van der Waals surface area contributed by atoms with Gasteiger partial charge >= 0.3 is 0 Å². The maximum atomic E-state index is 13.1. The van der Waals surface area contributed by atoms with E-state index in [1.807, 2.05) is 42.3 Å². The summed E-state index contributed by atoms with van der Waals surface area (Å²) in [6, 6.07) is 22.6. The Morgan fingerprint density at radius 3 is 1.67 bits per heavy atom. The first-order valence-corrected chi connectivity index (χ1v) is 11.1. The highest BCUT2D eigenvalue weighted by atomic mass is 35.5. The average Bonchev–Trinajstić information content (AvgIpc) is 2.88. The number of anilines is 2. The lowest BCUT2D eigenvalue weighted by Gasteiger charge is -2.19. The number of aromatic nitrogens is 1. The molecule has 0 atom stereocenters. The minimum atomic E-state index is -0.833. The van der Waals surface area contributed by atoms with Gasteiger partial charge in [0.15, 0.2) is 5.78 Å². The van der Waals surface area contributed by atoms with Gasteiger partial charge in [0.25, 0.3) is 5.97 Å². The van der Waals surface area contributed by atoms with Gasteiger partial charge in [0, 0.05) is 41.4 Å². The number of rotatable bonds is 6.